The zero-order valence-corrected chi connectivity index (χ0v) is 12.7. The van der Waals surface area contributed by atoms with E-state index < -0.39 is 11.5 Å². The van der Waals surface area contributed by atoms with Gasteiger partial charge in [-0.2, -0.15) is 5.26 Å². The molecule has 3 rings (SSSR count). The SMILES string of the molecule is Cc1cc2c(c(=O)o1)C(CCc1ccccc1)C(C#N)=C(N)O2. The van der Waals surface area contributed by atoms with Crippen LogP contribution in [0, 0.1) is 18.3 Å². The summed E-state index contributed by atoms with van der Waals surface area (Å²) in [6.45, 7) is 1.67. The van der Waals surface area contributed by atoms with Crippen molar-refractivity contribution in [2.24, 2.45) is 5.73 Å². The fourth-order valence-corrected chi connectivity index (χ4v) is 2.86. The Hall–Kier alpha value is -3.00. The van der Waals surface area contributed by atoms with E-state index in [1.54, 1.807) is 13.0 Å². The topological polar surface area (TPSA) is 89.2 Å². The Kier molecular flexibility index (Phi) is 3.90. The molecule has 1 unspecified atom stereocenters. The number of aryl methyl sites for hydroxylation is 2. The minimum Gasteiger partial charge on any atom is -0.440 e. The van der Waals surface area contributed by atoms with E-state index in [1.807, 2.05) is 30.3 Å². The number of benzene rings is 1. The molecular weight excluding hydrogens is 292 g/mol. The molecule has 5 nitrogen and oxygen atoms in total. The average Bonchev–Trinajstić information content (AvgIpc) is 2.52. The first-order valence-electron chi connectivity index (χ1n) is 7.36. The molecule has 0 amide bonds. The average molecular weight is 308 g/mol. The minimum atomic E-state index is -0.474. The Balaban J connectivity index is 2.00. The van der Waals surface area contributed by atoms with Gasteiger partial charge in [-0.25, -0.2) is 4.79 Å². The molecule has 0 spiro atoms. The maximum Gasteiger partial charge on any atom is 0.343 e. The van der Waals surface area contributed by atoms with Gasteiger partial charge in [0.1, 0.15) is 17.6 Å². The summed E-state index contributed by atoms with van der Waals surface area (Å²) in [4.78, 5) is 12.3. The molecule has 0 aliphatic carbocycles. The Labute approximate surface area is 133 Å². The first-order chi connectivity index (χ1) is 11.1. The highest BCUT2D eigenvalue weighted by Gasteiger charge is 2.32. The van der Waals surface area contributed by atoms with E-state index in [4.69, 9.17) is 14.9 Å². The van der Waals surface area contributed by atoms with Gasteiger partial charge in [-0.15, -0.1) is 0 Å². The van der Waals surface area contributed by atoms with Gasteiger partial charge in [-0.3, -0.25) is 0 Å². The minimum absolute atomic E-state index is 0.0584. The molecule has 1 aliphatic heterocycles. The van der Waals surface area contributed by atoms with Gasteiger partial charge in [0.05, 0.1) is 11.1 Å². The third-order valence-corrected chi connectivity index (χ3v) is 3.94. The van der Waals surface area contributed by atoms with Crippen LogP contribution >= 0.6 is 0 Å². The van der Waals surface area contributed by atoms with Gasteiger partial charge in [-0.1, -0.05) is 30.3 Å². The Morgan fingerprint density at radius 2 is 2.04 bits per heavy atom. The molecule has 2 aromatic rings. The van der Waals surface area contributed by atoms with E-state index in [2.05, 4.69) is 6.07 Å². The molecule has 0 saturated carbocycles. The van der Waals surface area contributed by atoms with Crippen molar-refractivity contribution in [2.75, 3.05) is 0 Å². The van der Waals surface area contributed by atoms with Crippen molar-refractivity contribution >= 4 is 0 Å². The van der Waals surface area contributed by atoms with E-state index in [-0.39, 0.29) is 11.5 Å². The van der Waals surface area contributed by atoms with Crippen LogP contribution in [-0.4, -0.2) is 0 Å². The number of ether oxygens (including phenoxy) is 1. The zero-order valence-electron chi connectivity index (χ0n) is 12.7. The molecule has 2 N–H and O–H groups in total. The summed E-state index contributed by atoms with van der Waals surface area (Å²) in [5, 5.41) is 9.40. The molecule has 23 heavy (non-hydrogen) atoms. The largest absolute Gasteiger partial charge is 0.440 e. The van der Waals surface area contributed by atoms with Crippen molar-refractivity contribution < 1.29 is 9.15 Å². The third kappa shape index (κ3) is 2.84. The fraction of sp³-hybridized carbons (Fsp3) is 0.222. The molecule has 0 bridgehead atoms. The summed E-state index contributed by atoms with van der Waals surface area (Å²) in [7, 11) is 0. The smallest absolute Gasteiger partial charge is 0.343 e. The van der Waals surface area contributed by atoms with Crippen molar-refractivity contribution in [3.05, 3.63) is 75.2 Å². The number of fused-ring (bicyclic) bond motifs is 1. The summed E-state index contributed by atoms with van der Waals surface area (Å²) in [6.07, 6.45) is 1.30. The Morgan fingerprint density at radius 3 is 2.74 bits per heavy atom. The highest BCUT2D eigenvalue weighted by Crippen LogP contribution is 2.38. The number of rotatable bonds is 3. The summed E-state index contributed by atoms with van der Waals surface area (Å²) >= 11 is 0. The summed E-state index contributed by atoms with van der Waals surface area (Å²) in [5.41, 5.74) is 7.18. The van der Waals surface area contributed by atoms with Gasteiger partial charge >= 0.3 is 5.63 Å². The van der Waals surface area contributed by atoms with E-state index in [9.17, 15) is 10.1 Å². The Morgan fingerprint density at radius 1 is 1.30 bits per heavy atom. The summed E-state index contributed by atoms with van der Waals surface area (Å²) in [5.74, 6) is 0.473. The van der Waals surface area contributed by atoms with E-state index in [0.29, 0.717) is 23.5 Å². The second-order valence-corrected chi connectivity index (χ2v) is 5.49. The van der Waals surface area contributed by atoms with Crippen molar-refractivity contribution in [2.45, 2.75) is 25.7 Å². The second-order valence-electron chi connectivity index (χ2n) is 5.49. The van der Waals surface area contributed by atoms with Crippen LogP contribution in [0.2, 0.25) is 0 Å². The molecule has 5 heteroatoms. The molecular formula is C18H16N2O3. The van der Waals surface area contributed by atoms with Gasteiger partial charge in [0.2, 0.25) is 5.88 Å². The van der Waals surface area contributed by atoms with Gasteiger partial charge in [0, 0.05) is 12.0 Å². The lowest BCUT2D eigenvalue weighted by Gasteiger charge is -2.24. The lowest BCUT2D eigenvalue weighted by Crippen LogP contribution is -2.26. The van der Waals surface area contributed by atoms with Gasteiger partial charge in [0.25, 0.3) is 0 Å². The van der Waals surface area contributed by atoms with Crippen molar-refractivity contribution in [3.63, 3.8) is 0 Å². The van der Waals surface area contributed by atoms with E-state index in [1.165, 1.54) is 0 Å². The predicted molar refractivity (Wildman–Crippen MR) is 84.7 cm³/mol. The van der Waals surface area contributed by atoms with E-state index >= 15 is 0 Å². The molecule has 0 fully saturated rings. The summed E-state index contributed by atoms with van der Waals surface area (Å²) in [6, 6.07) is 13.6. The molecule has 1 aromatic carbocycles. The van der Waals surface area contributed by atoms with Gasteiger partial charge < -0.3 is 14.9 Å². The first kappa shape index (κ1) is 14.9. The number of allylic oxidation sites excluding steroid dienone is 1. The number of hydrogen-bond acceptors (Lipinski definition) is 5. The first-order valence-corrected chi connectivity index (χ1v) is 7.36. The molecule has 1 aromatic heterocycles. The molecule has 0 saturated heterocycles. The molecule has 0 radical (unpaired) electrons. The van der Waals surface area contributed by atoms with Crippen molar-refractivity contribution in [3.8, 4) is 11.8 Å². The molecule has 1 atom stereocenters. The lowest BCUT2D eigenvalue weighted by molar-refractivity contribution is 0.362. The van der Waals surface area contributed by atoms with Crippen LogP contribution in [-0.2, 0) is 6.42 Å². The maximum atomic E-state index is 12.3. The van der Waals surface area contributed by atoms with Crippen molar-refractivity contribution in [1.29, 1.82) is 5.26 Å². The van der Waals surface area contributed by atoms with Gasteiger partial charge in [0.15, 0.2) is 0 Å². The monoisotopic (exact) mass is 308 g/mol. The molecule has 1 aliphatic rings. The van der Waals surface area contributed by atoms with Crippen LogP contribution in [0.15, 0.2) is 57.1 Å². The Bertz CT molecular complexity index is 860. The highest BCUT2D eigenvalue weighted by atomic mass is 16.5. The van der Waals surface area contributed by atoms with Crippen LogP contribution in [0.1, 0.15) is 29.2 Å². The lowest BCUT2D eigenvalue weighted by atomic mass is 9.85. The number of nitriles is 1. The molecule has 2 heterocycles. The quantitative estimate of drug-likeness (QED) is 0.941. The zero-order chi connectivity index (χ0) is 16.4. The molecule has 116 valence electrons. The predicted octanol–water partition coefficient (Wildman–Crippen LogP) is 2.75. The van der Waals surface area contributed by atoms with Crippen LogP contribution in [0.25, 0.3) is 0 Å². The number of nitrogens with zero attached hydrogens (tertiary/aromatic N) is 1. The normalized spacial score (nSPS) is 16.4. The van der Waals surface area contributed by atoms with Gasteiger partial charge in [-0.05, 0) is 25.3 Å². The van der Waals surface area contributed by atoms with Crippen LogP contribution < -0.4 is 16.1 Å². The maximum absolute atomic E-state index is 12.3. The van der Waals surface area contributed by atoms with E-state index in [0.717, 1.165) is 12.0 Å². The van der Waals surface area contributed by atoms with Crippen molar-refractivity contribution in [1.82, 2.24) is 0 Å². The standard InChI is InChI=1S/C18H16N2O3/c1-11-9-15-16(18(21)22-11)13(14(10-19)17(20)23-15)8-7-12-5-3-2-4-6-12/h2-6,9,13H,7-8,20H2,1H3. The third-order valence-electron chi connectivity index (χ3n) is 3.94. The highest BCUT2D eigenvalue weighted by molar-refractivity contribution is 5.48. The van der Waals surface area contributed by atoms with Crippen LogP contribution in [0.4, 0.5) is 0 Å². The van der Waals surface area contributed by atoms with Crippen LogP contribution in [0.5, 0.6) is 5.75 Å². The van der Waals surface area contributed by atoms with Crippen LogP contribution in [0.3, 0.4) is 0 Å². The second kappa shape index (κ2) is 6.01. The number of hydrogen-bond donors (Lipinski definition) is 1. The fourth-order valence-electron chi connectivity index (χ4n) is 2.86. The summed E-state index contributed by atoms with van der Waals surface area (Å²) < 4.78 is 10.6. The number of nitrogens with two attached hydrogens (primary N) is 1.